The van der Waals surface area contributed by atoms with E-state index in [1.54, 1.807) is 4.57 Å². The quantitative estimate of drug-likeness (QED) is 0.355. The lowest BCUT2D eigenvalue weighted by Gasteiger charge is -2.12. The van der Waals surface area contributed by atoms with Gasteiger partial charge in [0, 0.05) is 5.39 Å². The number of nitrogens with zero attached hydrogens (tertiary/aromatic N) is 3. The van der Waals surface area contributed by atoms with Crippen molar-refractivity contribution in [2.24, 2.45) is 0 Å². The number of imidazole rings is 1. The van der Waals surface area contributed by atoms with E-state index in [-0.39, 0.29) is 5.56 Å². The summed E-state index contributed by atoms with van der Waals surface area (Å²) in [6, 6.07) is 29.4. The fourth-order valence-electron chi connectivity index (χ4n) is 4.62. The minimum Gasteiger partial charge on any atom is -0.456 e. The lowest BCUT2D eigenvalue weighted by Crippen LogP contribution is -2.21. The number of hydrogen-bond acceptors (Lipinski definition) is 3. The molecule has 0 amide bonds. The van der Waals surface area contributed by atoms with Gasteiger partial charge in [0.2, 0.25) is 5.78 Å². The van der Waals surface area contributed by atoms with Crippen LogP contribution in [0.1, 0.15) is 0 Å². The molecule has 0 radical (unpaired) electrons. The molecule has 31 heavy (non-hydrogen) atoms. The lowest BCUT2D eigenvalue weighted by atomic mass is 10.1. The summed E-state index contributed by atoms with van der Waals surface area (Å²) in [7, 11) is 0. The molecule has 0 aliphatic carbocycles. The first-order chi connectivity index (χ1) is 15.3. The third kappa shape index (κ3) is 2.09. The summed E-state index contributed by atoms with van der Waals surface area (Å²) in [6.45, 7) is 0. The Morgan fingerprint density at radius 3 is 2.29 bits per heavy atom. The van der Waals surface area contributed by atoms with Gasteiger partial charge in [-0.25, -0.2) is 9.55 Å². The van der Waals surface area contributed by atoms with Crippen molar-refractivity contribution in [3.8, 4) is 5.69 Å². The molecule has 5 heteroatoms. The molecule has 5 nitrogen and oxygen atoms in total. The highest BCUT2D eigenvalue weighted by molar-refractivity contribution is 6.09. The molecule has 0 atom stereocenters. The molecule has 4 aromatic carbocycles. The number of rotatable bonds is 1. The van der Waals surface area contributed by atoms with Crippen molar-refractivity contribution < 1.29 is 4.42 Å². The zero-order chi connectivity index (χ0) is 20.5. The minimum atomic E-state index is -0.101. The topological polar surface area (TPSA) is 52.4 Å². The van der Waals surface area contributed by atoms with Gasteiger partial charge in [0.15, 0.2) is 0 Å². The van der Waals surface area contributed by atoms with Crippen molar-refractivity contribution in [3.63, 3.8) is 0 Å². The van der Waals surface area contributed by atoms with Gasteiger partial charge < -0.3 is 4.42 Å². The number of furan rings is 1. The van der Waals surface area contributed by atoms with Crippen LogP contribution in [0.5, 0.6) is 0 Å². The molecule has 0 aliphatic heterocycles. The van der Waals surface area contributed by atoms with Crippen LogP contribution in [0.4, 0.5) is 0 Å². The molecule has 0 spiro atoms. The van der Waals surface area contributed by atoms with Gasteiger partial charge in [0.25, 0.3) is 5.56 Å². The zero-order valence-corrected chi connectivity index (χ0v) is 16.3. The summed E-state index contributed by atoms with van der Waals surface area (Å²) >= 11 is 0. The van der Waals surface area contributed by atoms with Crippen LogP contribution in [-0.2, 0) is 0 Å². The standard InChI is InChI=1S/C26H15N3O2/c30-25-16-8-1-4-11-19(16)28-20-12-5-3-10-18(20)27-26(28)29(25)21-13-7-15-23-24(21)17-9-2-6-14-22(17)31-23/h1-15H. The van der Waals surface area contributed by atoms with E-state index >= 15 is 0 Å². The second kappa shape index (κ2) is 5.83. The molecule has 0 aliphatic rings. The monoisotopic (exact) mass is 401 g/mol. The number of para-hydroxylation sites is 4. The van der Waals surface area contributed by atoms with Gasteiger partial charge in [0.1, 0.15) is 11.2 Å². The highest BCUT2D eigenvalue weighted by atomic mass is 16.3. The Labute approximate surface area is 175 Å². The Balaban J connectivity index is 1.78. The second-order valence-corrected chi connectivity index (χ2v) is 7.64. The van der Waals surface area contributed by atoms with Gasteiger partial charge in [-0.1, -0.05) is 48.5 Å². The summed E-state index contributed by atoms with van der Waals surface area (Å²) in [5, 5.41) is 2.52. The van der Waals surface area contributed by atoms with E-state index in [2.05, 4.69) is 4.40 Å². The van der Waals surface area contributed by atoms with E-state index in [1.807, 2.05) is 91.0 Å². The average Bonchev–Trinajstić information content (AvgIpc) is 3.38. The maximum Gasteiger partial charge on any atom is 0.267 e. The summed E-state index contributed by atoms with van der Waals surface area (Å²) in [4.78, 5) is 18.7. The molecule has 0 fully saturated rings. The summed E-state index contributed by atoms with van der Waals surface area (Å²) in [5.74, 6) is 0.586. The van der Waals surface area contributed by atoms with E-state index in [0.29, 0.717) is 11.2 Å². The highest BCUT2D eigenvalue weighted by Crippen LogP contribution is 2.34. The molecule has 7 aromatic rings. The molecule has 7 rings (SSSR count). The minimum absolute atomic E-state index is 0.101. The van der Waals surface area contributed by atoms with Crippen molar-refractivity contribution in [1.29, 1.82) is 0 Å². The normalized spacial score (nSPS) is 12.0. The van der Waals surface area contributed by atoms with Crippen LogP contribution in [0.25, 0.3) is 55.3 Å². The van der Waals surface area contributed by atoms with Gasteiger partial charge in [-0.2, -0.15) is 0 Å². The lowest BCUT2D eigenvalue weighted by molar-refractivity contribution is 0.669. The Bertz CT molecular complexity index is 1870. The van der Waals surface area contributed by atoms with Crippen LogP contribution in [0.3, 0.4) is 0 Å². The SMILES string of the molecule is O=c1c2ccccc2n2c3ccccc3nc2n1-c1cccc2oc3ccccc3c12. The maximum absolute atomic E-state index is 13.8. The zero-order valence-electron chi connectivity index (χ0n) is 16.3. The third-order valence-electron chi connectivity index (χ3n) is 5.94. The van der Waals surface area contributed by atoms with Crippen molar-refractivity contribution >= 4 is 49.7 Å². The average molecular weight is 401 g/mol. The number of benzene rings is 4. The van der Waals surface area contributed by atoms with Gasteiger partial charge in [-0.05, 0) is 42.5 Å². The molecular formula is C26H15N3O2. The van der Waals surface area contributed by atoms with E-state index in [0.717, 1.165) is 44.2 Å². The van der Waals surface area contributed by atoms with Crippen molar-refractivity contribution in [2.45, 2.75) is 0 Å². The van der Waals surface area contributed by atoms with E-state index in [9.17, 15) is 4.79 Å². The predicted octanol–water partition coefficient (Wildman–Crippen LogP) is 5.69. The highest BCUT2D eigenvalue weighted by Gasteiger charge is 2.19. The molecule has 0 bridgehead atoms. The van der Waals surface area contributed by atoms with Crippen LogP contribution in [0, 0.1) is 0 Å². The molecule has 0 saturated carbocycles. The van der Waals surface area contributed by atoms with E-state index in [1.165, 1.54) is 0 Å². The first-order valence-electron chi connectivity index (χ1n) is 10.1. The largest absolute Gasteiger partial charge is 0.456 e. The van der Waals surface area contributed by atoms with Crippen LogP contribution >= 0.6 is 0 Å². The number of fused-ring (bicyclic) bond motifs is 8. The number of aromatic nitrogens is 3. The molecule has 0 N–H and O–H groups in total. The van der Waals surface area contributed by atoms with Crippen molar-refractivity contribution in [3.05, 3.63) is 101 Å². The van der Waals surface area contributed by atoms with Crippen LogP contribution in [0.15, 0.2) is 100 Å². The first kappa shape index (κ1) is 16.4. The van der Waals surface area contributed by atoms with Gasteiger partial charge >= 0.3 is 0 Å². The fourth-order valence-corrected chi connectivity index (χ4v) is 4.62. The van der Waals surface area contributed by atoms with Gasteiger partial charge in [-0.15, -0.1) is 0 Å². The third-order valence-corrected chi connectivity index (χ3v) is 5.94. The molecule has 3 aromatic heterocycles. The summed E-state index contributed by atoms with van der Waals surface area (Å²) in [6.07, 6.45) is 0. The van der Waals surface area contributed by atoms with Crippen molar-refractivity contribution in [2.75, 3.05) is 0 Å². The van der Waals surface area contributed by atoms with Crippen molar-refractivity contribution in [1.82, 2.24) is 14.0 Å². The summed E-state index contributed by atoms with van der Waals surface area (Å²) < 4.78 is 9.85. The maximum atomic E-state index is 13.8. The Kier molecular flexibility index (Phi) is 3.09. The predicted molar refractivity (Wildman–Crippen MR) is 123 cm³/mol. The van der Waals surface area contributed by atoms with E-state index in [4.69, 9.17) is 9.40 Å². The molecule has 0 unspecified atom stereocenters. The van der Waals surface area contributed by atoms with Crippen LogP contribution in [0.2, 0.25) is 0 Å². The Hall–Kier alpha value is -4.38. The second-order valence-electron chi connectivity index (χ2n) is 7.64. The Morgan fingerprint density at radius 1 is 0.677 bits per heavy atom. The summed E-state index contributed by atoms with van der Waals surface area (Å²) in [5.41, 5.74) is 4.85. The smallest absolute Gasteiger partial charge is 0.267 e. The molecular weight excluding hydrogens is 386 g/mol. The van der Waals surface area contributed by atoms with Crippen LogP contribution < -0.4 is 5.56 Å². The molecule has 0 saturated heterocycles. The Morgan fingerprint density at radius 2 is 1.39 bits per heavy atom. The van der Waals surface area contributed by atoms with E-state index < -0.39 is 0 Å². The van der Waals surface area contributed by atoms with Gasteiger partial charge in [0.05, 0.1) is 33.0 Å². The van der Waals surface area contributed by atoms with Crippen LogP contribution in [-0.4, -0.2) is 14.0 Å². The molecule has 3 heterocycles. The first-order valence-corrected chi connectivity index (χ1v) is 10.1. The molecule has 146 valence electrons. The fraction of sp³-hybridized carbons (Fsp3) is 0. The number of hydrogen-bond donors (Lipinski definition) is 0. The van der Waals surface area contributed by atoms with Gasteiger partial charge in [-0.3, -0.25) is 9.20 Å².